The second kappa shape index (κ2) is 3.47. The lowest BCUT2D eigenvalue weighted by Crippen LogP contribution is -2.31. The molecule has 1 aliphatic rings. The van der Waals surface area contributed by atoms with E-state index in [4.69, 9.17) is 0 Å². The molecular weight excluding hydrogens is 181 g/mol. The SMILES string of the molecule is O=C(P)NC1Cc2ccccc2C1. The van der Waals surface area contributed by atoms with Gasteiger partial charge in [-0.15, -0.1) is 0 Å². The highest BCUT2D eigenvalue weighted by molar-refractivity contribution is 7.39. The third-order valence-corrected chi connectivity index (χ3v) is 2.56. The Balaban J connectivity index is 2.09. The predicted molar refractivity (Wildman–Crippen MR) is 55.9 cm³/mol. The maximum absolute atomic E-state index is 10.8. The third kappa shape index (κ3) is 1.89. The Labute approximate surface area is 79.9 Å². The molecular formula is C10H12NOP. The molecule has 0 spiro atoms. The topological polar surface area (TPSA) is 29.1 Å². The minimum absolute atomic E-state index is 0.0159. The highest BCUT2D eigenvalue weighted by atomic mass is 31.0. The van der Waals surface area contributed by atoms with Gasteiger partial charge < -0.3 is 5.32 Å². The number of carbonyl (C=O) groups is 1. The third-order valence-electron chi connectivity index (χ3n) is 2.40. The van der Waals surface area contributed by atoms with E-state index in [9.17, 15) is 4.79 Å². The van der Waals surface area contributed by atoms with Crippen molar-refractivity contribution in [2.24, 2.45) is 0 Å². The molecule has 1 amide bonds. The summed E-state index contributed by atoms with van der Waals surface area (Å²) in [6.07, 6.45) is 1.94. The van der Waals surface area contributed by atoms with Crippen LogP contribution < -0.4 is 5.32 Å². The number of carbonyl (C=O) groups excluding carboxylic acids is 1. The van der Waals surface area contributed by atoms with Gasteiger partial charge in [0.1, 0.15) is 0 Å². The number of amides is 1. The summed E-state index contributed by atoms with van der Waals surface area (Å²) in [5.41, 5.74) is 2.72. The zero-order chi connectivity index (χ0) is 9.26. The van der Waals surface area contributed by atoms with E-state index < -0.39 is 0 Å². The largest absolute Gasteiger partial charge is 0.350 e. The molecule has 1 N–H and O–H groups in total. The van der Waals surface area contributed by atoms with Crippen molar-refractivity contribution in [2.45, 2.75) is 18.9 Å². The number of hydrogen-bond donors (Lipinski definition) is 1. The van der Waals surface area contributed by atoms with Gasteiger partial charge >= 0.3 is 0 Å². The van der Waals surface area contributed by atoms with E-state index in [1.165, 1.54) is 11.1 Å². The maximum atomic E-state index is 10.8. The average molecular weight is 193 g/mol. The van der Waals surface area contributed by atoms with Crippen LogP contribution in [0.2, 0.25) is 0 Å². The highest BCUT2D eigenvalue weighted by Gasteiger charge is 2.20. The molecule has 1 atom stereocenters. The molecule has 0 saturated heterocycles. The van der Waals surface area contributed by atoms with Crippen LogP contribution in [0.5, 0.6) is 0 Å². The Morgan fingerprint density at radius 3 is 2.31 bits per heavy atom. The fraction of sp³-hybridized carbons (Fsp3) is 0.300. The molecule has 0 saturated carbocycles. The van der Waals surface area contributed by atoms with Gasteiger partial charge in [0.25, 0.3) is 0 Å². The summed E-state index contributed by atoms with van der Waals surface area (Å²) in [6.45, 7) is 0. The van der Waals surface area contributed by atoms with Crippen molar-refractivity contribution >= 4 is 14.9 Å². The van der Waals surface area contributed by atoms with Crippen LogP contribution in [-0.4, -0.2) is 11.7 Å². The van der Waals surface area contributed by atoms with Crippen molar-refractivity contribution < 1.29 is 4.79 Å². The van der Waals surface area contributed by atoms with Crippen molar-refractivity contribution in [1.29, 1.82) is 0 Å². The quantitative estimate of drug-likeness (QED) is 0.676. The van der Waals surface area contributed by atoms with E-state index in [-0.39, 0.29) is 5.65 Å². The van der Waals surface area contributed by atoms with E-state index in [1.807, 2.05) is 12.1 Å². The summed E-state index contributed by atoms with van der Waals surface area (Å²) in [5, 5.41) is 2.91. The molecule has 0 fully saturated rings. The van der Waals surface area contributed by atoms with E-state index in [0.29, 0.717) is 6.04 Å². The molecule has 0 heterocycles. The van der Waals surface area contributed by atoms with Crippen LogP contribution in [-0.2, 0) is 12.8 Å². The first-order valence-electron chi connectivity index (χ1n) is 4.38. The minimum atomic E-state index is -0.0159. The standard InChI is InChI=1S/C10H12NOP/c12-10(13)11-9-5-7-3-1-2-4-8(7)6-9/h1-4,9H,5-6,13H2,(H,11,12). The van der Waals surface area contributed by atoms with Crippen molar-refractivity contribution in [2.75, 3.05) is 0 Å². The van der Waals surface area contributed by atoms with Crippen LogP contribution in [0.1, 0.15) is 11.1 Å². The Kier molecular flexibility index (Phi) is 2.32. The van der Waals surface area contributed by atoms with Gasteiger partial charge in [0.2, 0.25) is 5.65 Å². The smallest absolute Gasteiger partial charge is 0.235 e. The molecule has 1 aliphatic carbocycles. The minimum Gasteiger partial charge on any atom is -0.350 e. The number of benzene rings is 1. The second-order valence-electron chi connectivity index (χ2n) is 3.38. The van der Waals surface area contributed by atoms with Crippen LogP contribution >= 0.6 is 9.24 Å². The molecule has 13 heavy (non-hydrogen) atoms. The first kappa shape index (κ1) is 8.71. The first-order valence-corrected chi connectivity index (χ1v) is 4.96. The molecule has 0 radical (unpaired) electrons. The van der Waals surface area contributed by atoms with E-state index in [0.717, 1.165) is 12.8 Å². The van der Waals surface area contributed by atoms with Gasteiger partial charge in [-0.3, -0.25) is 4.79 Å². The summed E-state index contributed by atoms with van der Waals surface area (Å²) >= 11 is 0. The molecule has 2 rings (SSSR count). The molecule has 0 aliphatic heterocycles. The zero-order valence-electron chi connectivity index (χ0n) is 7.29. The van der Waals surface area contributed by atoms with Crippen molar-refractivity contribution in [1.82, 2.24) is 5.32 Å². The predicted octanol–water partition coefficient (Wildman–Crippen LogP) is 1.74. The molecule has 0 aromatic heterocycles. The molecule has 0 bridgehead atoms. The van der Waals surface area contributed by atoms with Gasteiger partial charge in [0.15, 0.2) is 0 Å². The lowest BCUT2D eigenvalue weighted by Gasteiger charge is -2.08. The van der Waals surface area contributed by atoms with E-state index in [2.05, 4.69) is 26.7 Å². The fourth-order valence-corrected chi connectivity index (χ4v) is 2.10. The molecule has 68 valence electrons. The summed E-state index contributed by atoms with van der Waals surface area (Å²) in [5.74, 6) is 0. The van der Waals surface area contributed by atoms with E-state index in [1.54, 1.807) is 0 Å². The molecule has 1 aromatic carbocycles. The van der Waals surface area contributed by atoms with Crippen LogP contribution in [0.4, 0.5) is 4.79 Å². The van der Waals surface area contributed by atoms with Crippen LogP contribution in [0.25, 0.3) is 0 Å². The van der Waals surface area contributed by atoms with E-state index >= 15 is 0 Å². The van der Waals surface area contributed by atoms with Gasteiger partial charge in [-0.2, -0.15) is 0 Å². The molecule has 3 heteroatoms. The van der Waals surface area contributed by atoms with Crippen LogP contribution in [0, 0.1) is 0 Å². The summed E-state index contributed by atoms with van der Waals surface area (Å²) in [6, 6.07) is 8.64. The fourth-order valence-electron chi connectivity index (χ4n) is 1.86. The molecule has 1 unspecified atom stereocenters. The van der Waals surface area contributed by atoms with Gasteiger partial charge in [-0.25, -0.2) is 0 Å². The first-order chi connectivity index (χ1) is 6.25. The van der Waals surface area contributed by atoms with Crippen molar-refractivity contribution in [3.8, 4) is 0 Å². The highest BCUT2D eigenvalue weighted by Crippen LogP contribution is 2.21. The molecule has 2 nitrogen and oxygen atoms in total. The summed E-state index contributed by atoms with van der Waals surface area (Å²) in [7, 11) is 2.15. The van der Waals surface area contributed by atoms with Gasteiger partial charge in [-0.1, -0.05) is 24.3 Å². The Morgan fingerprint density at radius 2 is 1.85 bits per heavy atom. The Bertz CT molecular complexity index is 312. The van der Waals surface area contributed by atoms with Gasteiger partial charge in [0.05, 0.1) is 0 Å². The number of hydrogen-bond acceptors (Lipinski definition) is 1. The monoisotopic (exact) mass is 193 g/mol. The Hall–Kier alpha value is -0.880. The zero-order valence-corrected chi connectivity index (χ0v) is 8.44. The van der Waals surface area contributed by atoms with Crippen molar-refractivity contribution in [3.05, 3.63) is 35.4 Å². The normalized spacial score (nSPS) is 15.5. The van der Waals surface area contributed by atoms with Gasteiger partial charge in [-0.05, 0) is 33.2 Å². The summed E-state index contributed by atoms with van der Waals surface area (Å²) < 4.78 is 0. The molecule has 1 aromatic rings. The van der Waals surface area contributed by atoms with Crippen LogP contribution in [0.15, 0.2) is 24.3 Å². The average Bonchev–Trinajstić information content (AvgIpc) is 2.44. The number of rotatable bonds is 1. The van der Waals surface area contributed by atoms with Crippen molar-refractivity contribution in [3.63, 3.8) is 0 Å². The number of fused-ring (bicyclic) bond motifs is 1. The second-order valence-corrected chi connectivity index (χ2v) is 3.91. The maximum Gasteiger partial charge on any atom is 0.235 e. The number of nitrogens with one attached hydrogen (secondary N) is 1. The van der Waals surface area contributed by atoms with Gasteiger partial charge in [0, 0.05) is 6.04 Å². The van der Waals surface area contributed by atoms with Crippen LogP contribution in [0.3, 0.4) is 0 Å². The summed E-state index contributed by atoms with van der Waals surface area (Å²) in [4.78, 5) is 10.8. The Morgan fingerprint density at radius 1 is 1.31 bits per heavy atom. The lowest BCUT2D eigenvalue weighted by molar-refractivity contribution is 0.257. The lowest BCUT2D eigenvalue weighted by atomic mass is 10.1.